The molecule has 0 aliphatic carbocycles. The highest BCUT2D eigenvalue weighted by atomic mass is 16.7. The van der Waals surface area contributed by atoms with Crippen LogP contribution in [-0.4, -0.2) is 46.6 Å². The number of fused-ring (bicyclic) bond motifs is 2. The lowest BCUT2D eigenvalue weighted by Gasteiger charge is -2.36. The summed E-state index contributed by atoms with van der Waals surface area (Å²) in [6, 6.07) is 1.30. The molecule has 1 aromatic carbocycles. The second kappa shape index (κ2) is 6.05. The molecule has 0 amide bonds. The summed E-state index contributed by atoms with van der Waals surface area (Å²) >= 11 is 0. The molecule has 0 bridgehead atoms. The Morgan fingerprint density at radius 3 is 2.59 bits per heavy atom. The highest BCUT2D eigenvalue weighted by molar-refractivity contribution is 5.63. The predicted molar refractivity (Wildman–Crippen MR) is 95.9 cm³/mol. The average molecular weight is 375 g/mol. The van der Waals surface area contributed by atoms with Crippen molar-refractivity contribution < 1.29 is 19.3 Å². The minimum absolute atomic E-state index is 0.0992. The molecule has 1 unspecified atom stereocenters. The molecular weight excluding hydrogens is 354 g/mol. The maximum absolute atomic E-state index is 12.9. The average Bonchev–Trinajstić information content (AvgIpc) is 3.13. The molecule has 9 nitrogen and oxygen atoms in total. The summed E-state index contributed by atoms with van der Waals surface area (Å²) in [6.45, 7) is 0.758. The van der Waals surface area contributed by atoms with Crippen LogP contribution in [0.25, 0.3) is 0 Å². The number of nitrogens with zero attached hydrogens (tertiary/aromatic N) is 3. The molecule has 9 heteroatoms. The van der Waals surface area contributed by atoms with Crippen LogP contribution >= 0.6 is 0 Å². The molecule has 0 fully saturated rings. The quantitative estimate of drug-likeness (QED) is 0.796. The normalized spacial score (nSPS) is 18.4. The zero-order valence-electron chi connectivity index (χ0n) is 15.6. The Hall–Kier alpha value is -2.94. The fourth-order valence-electron chi connectivity index (χ4n) is 3.90. The number of aromatic nitrogens is 2. The maximum atomic E-state index is 12.9. The van der Waals surface area contributed by atoms with E-state index in [-0.39, 0.29) is 18.2 Å². The van der Waals surface area contributed by atoms with Crippen LogP contribution in [0.5, 0.6) is 23.1 Å². The first kappa shape index (κ1) is 17.5. The molecule has 2 aromatic rings. The van der Waals surface area contributed by atoms with Gasteiger partial charge in [-0.2, -0.15) is 0 Å². The Bertz CT molecular complexity index is 1050. The minimum Gasteiger partial charge on any atom is -0.494 e. The largest absolute Gasteiger partial charge is 0.494 e. The van der Waals surface area contributed by atoms with E-state index in [1.165, 1.54) is 21.2 Å². The molecule has 0 radical (unpaired) electrons. The number of benzene rings is 1. The second-order valence-corrected chi connectivity index (χ2v) is 6.79. The van der Waals surface area contributed by atoms with E-state index in [1.807, 2.05) is 18.0 Å². The van der Waals surface area contributed by atoms with Crippen molar-refractivity contribution in [3.8, 4) is 23.1 Å². The molecule has 2 aliphatic rings. The predicted octanol–water partition coefficient (Wildman–Crippen LogP) is 0.104. The Kier molecular flexibility index (Phi) is 3.92. The lowest BCUT2D eigenvalue weighted by molar-refractivity contribution is 0.170. The van der Waals surface area contributed by atoms with E-state index >= 15 is 0 Å². The third-order valence-electron chi connectivity index (χ3n) is 5.34. The summed E-state index contributed by atoms with van der Waals surface area (Å²) in [4.78, 5) is 27.0. The van der Waals surface area contributed by atoms with E-state index in [4.69, 9.17) is 14.2 Å². The Labute approximate surface area is 154 Å². The fourth-order valence-corrected chi connectivity index (χ4v) is 3.90. The van der Waals surface area contributed by atoms with E-state index < -0.39 is 17.3 Å². The van der Waals surface area contributed by atoms with Gasteiger partial charge in [0.1, 0.15) is 0 Å². The standard InChI is InChI=1S/C18H21N3O6/c1-19-6-5-9-7-10-14(27-8-26-10)15(25-4)11(9)13(19)12-16(22)20(2)18(24)21(3)17(12)23/h7,13,22H,5-6,8H2,1-4H3. The SMILES string of the molecule is COc1c2c(cc3c1C(c1c(O)n(C)c(=O)n(C)c1=O)N(C)CC3)OCO2. The zero-order chi connectivity index (χ0) is 19.5. The van der Waals surface area contributed by atoms with Crippen molar-refractivity contribution in [1.29, 1.82) is 0 Å². The molecule has 4 rings (SSSR count). The van der Waals surface area contributed by atoms with Crippen LogP contribution in [0.4, 0.5) is 0 Å². The van der Waals surface area contributed by atoms with E-state index in [0.717, 1.165) is 26.7 Å². The van der Waals surface area contributed by atoms with Gasteiger partial charge in [-0.05, 0) is 25.1 Å². The first-order valence-corrected chi connectivity index (χ1v) is 8.55. The molecular formula is C18H21N3O6. The van der Waals surface area contributed by atoms with Gasteiger partial charge in [-0.1, -0.05) is 0 Å². The van der Waals surface area contributed by atoms with Gasteiger partial charge in [0.15, 0.2) is 11.5 Å². The van der Waals surface area contributed by atoms with Gasteiger partial charge in [-0.15, -0.1) is 0 Å². The maximum Gasteiger partial charge on any atom is 0.333 e. The summed E-state index contributed by atoms with van der Waals surface area (Å²) < 4.78 is 18.8. The molecule has 2 aliphatic heterocycles. The third-order valence-corrected chi connectivity index (χ3v) is 5.34. The van der Waals surface area contributed by atoms with Crippen LogP contribution in [-0.2, 0) is 20.5 Å². The first-order valence-electron chi connectivity index (χ1n) is 8.55. The van der Waals surface area contributed by atoms with Gasteiger partial charge in [0.25, 0.3) is 5.56 Å². The summed E-state index contributed by atoms with van der Waals surface area (Å²) in [7, 11) is 6.22. The van der Waals surface area contributed by atoms with Crippen molar-refractivity contribution in [1.82, 2.24) is 14.0 Å². The lowest BCUT2D eigenvalue weighted by atomic mass is 9.87. The zero-order valence-corrected chi connectivity index (χ0v) is 15.6. The van der Waals surface area contributed by atoms with Crippen LogP contribution in [0.2, 0.25) is 0 Å². The van der Waals surface area contributed by atoms with Gasteiger partial charge in [0.05, 0.1) is 18.7 Å². The summed E-state index contributed by atoms with van der Waals surface area (Å²) in [5.41, 5.74) is 0.689. The molecule has 1 N–H and O–H groups in total. The van der Waals surface area contributed by atoms with Crippen molar-refractivity contribution in [2.45, 2.75) is 12.5 Å². The van der Waals surface area contributed by atoms with Gasteiger partial charge in [-0.25, -0.2) is 4.79 Å². The number of hydrogen-bond acceptors (Lipinski definition) is 7. The number of aromatic hydroxyl groups is 1. The number of likely N-dealkylation sites (N-methyl/N-ethyl adjacent to an activating group) is 1. The molecule has 0 saturated carbocycles. The smallest absolute Gasteiger partial charge is 0.333 e. The van der Waals surface area contributed by atoms with Crippen LogP contribution in [0, 0.1) is 0 Å². The minimum atomic E-state index is -0.594. The third kappa shape index (κ3) is 2.34. The molecule has 0 spiro atoms. The van der Waals surface area contributed by atoms with Gasteiger partial charge in [0, 0.05) is 26.2 Å². The lowest BCUT2D eigenvalue weighted by Crippen LogP contribution is -2.43. The van der Waals surface area contributed by atoms with Crippen LogP contribution < -0.4 is 25.5 Å². The Morgan fingerprint density at radius 1 is 1.15 bits per heavy atom. The second-order valence-electron chi connectivity index (χ2n) is 6.79. The Morgan fingerprint density at radius 2 is 1.89 bits per heavy atom. The van der Waals surface area contributed by atoms with E-state index in [2.05, 4.69) is 0 Å². The van der Waals surface area contributed by atoms with Crippen LogP contribution in [0.3, 0.4) is 0 Å². The highest BCUT2D eigenvalue weighted by Gasteiger charge is 2.38. The van der Waals surface area contributed by atoms with Crippen molar-refractivity contribution >= 4 is 0 Å². The Balaban J connectivity index is 2.06. The van der Waals surface area contributed by atoms with Gasteiger partial charge >= 0.3 is 5.69 Å². The van der Waals surface area contributed by atoms with Crippen molar-refractivity contribution in [2.24, 2.45) is 14.1 Å². The van der Waals surface area contributed by atoms with E-state index in [1.54, 1.807) is 0 Å². The summed E-state index contributed by atoms with van der Waals surface area (Å²) in [6.07, 6.45) is 0.724. The molecule has 0 saturated heterocycles. The van der Waals surface area contributed by atoms with Gasteiger partial charge < -0.3 is 19.3 Å². The van der Waals surface area contributed by atoms with E-state index in [9.17, 15) is 14.7 Å². The van der Waals surface area contributed by atoms with Crippen molar-refractivity contribution in [3.05, 3.63) is 43.6 Å². The van der Waals surface area contributed by atoms with E-state index in [0.29, 0.717) is 23.8 Å². The number of methoxy groups -OCH3 is 1. The van der Waals surface area contributed by atoms with Crippen molar-refractivity contribution in [2.75, 3.05) is 27.5 Å². The monoisotopic (exact) mass is 375 g/mol. The van der Waals surface area contributed by atoms with Crippen LogP contribution in [0.15, 0.2) is 15.7 Å². The summed E-state index contributed by atoms with van der Waals surface area (Å²) in [5, 5.41) is 10.7. The van der Waals surface area contributed by atoms with Gasteiger partial charge in [-0.3, -0.25) is 18.8 Å². The molecule has 27 heavy (non-hydrogen) atoms. The molecule has 1 aromatic heterocycles. The highest BCUT2D eigenvalue weighted by Crippen LogP contribution is 2.51. The fraction of sp³-hybridized carbons (Fsp3) is 0.444. The van der Waals surface area contributed by atoms with Gasteiger partial charge in [0.2, 0.25) is 18.4 Å². The number of hydrogen-bond donors (Lipinski definition) is 1. The number of rotatable bonds is 2. The van der Waals surface area contributed by atoms with Crippen LogP contribution in [0.1, 0.15) is 22.7 Å². The van der Waals surface area contributed by atoms with Crippen molar-refractivity contribution in [3.63, 3.8) is 0 Å². The summed E-state index contributed by atoms with van der Waals surface area (Å²) in [5.74, 6) is 1.21. The number of ether oxygens (including phenoxy) is 3. The topological polar surface area (TPSA) is 95.2 Å². The molecule has 3 heterocycles. The molecule has 1 atom stereocenters. The molecule has 144 valence electrons. The first-order chi connectivity index (χ1) is 12.9.